The summed E-state index contributed by atoms with van der Waals surface area (Å²) in [7, 11) is 1.68. The summed E-state index contributed by atoms with van der Waals surface area (Å²) in [5, 5.41) is 15.1. The van der Waals surface area contributed by atoms with E-state index in [2.05, 4.69) is 15.3 Å². The van der Waals surface area contributed by atoms with Gasteiger partial charge in [0.1, 0.15) is 22.9 Å². The number of phenolic OH excluding ortho intramolecular Hbond substituents is 1. The van der Waals surface area contributed by atoms with Gasteiger partial charge in [-0.15, -0.1) is 0 Å². The molecule has 0 aliphatic rings. The summed E-state index contributed by atoms with van der Waals surface area (Å²) in [5.74, 6) is 0.197. The number of aliphatic imine (C=N–C) groups is 1. The van der Waals surface area contributed by atoms with Gasteiger partial charge in [-0.25, -0.2) is 4.39 Å². The van der Waals surface area contributed by atoms with E-state index in [1.807, 2.05) is 43.3 Å². The molecule has 0 amide bonds. The molecule has 2 aromatic carbocycles. The van der Waals surface area contributed by atoms with E-state index < -0.39 is 11.9 Å². The average molecular weight is 398 g/mol. The van der Waals surface area contributed by atoms with Crippen LogP contribution in [0.2, 0.25) is 5.02 Å². The van der Waals surface area contributed by atoms with E-state index in [-0.39, 0.29) is 10.8 Å². The monoisotopic (exact) mass is 397 g/mol. The van der Waals surface area contributed by atoms with E-state index in [4.69, 9.17) is 11.6 Å². The third kappa shape index (κ3) is 4.15. The average Bonchev–Trinajstić information content (AvgIpc) is 2.71. The highest BCUT2D eigenvalue weighted by molar-refractivity contribution is 6.30. The molecule has 0 saturated heterocycles. The highest BCUT2D eigenvalue weighted by Gasteiger charge is 2.21. The lowest BCUT2D eigenvalue weighted by molar-refractivity contribution is 0.468. The van der Waals surface area contributed by atoms with Crippen LogP contribution in [0.4, 0.5) is 4.39 Å². The Kier molecular flexibility index (Phi) is 6.26. The van der Waals surface area contributed by atoms with Crippen LogP contribution in [0.3, 0.4) is 0 Å². The summed E-state index contributed by atoms with van der Waals surface area (Å²) in [6.45, 7) is 2.03. The standard InChI is InChI=1S/C22H21ClFN3O/c1-3-4-7-19(25-2)27-20(15-9-11-18(24)17(23)13-15)16-10-8-14-6-5-12-26-21(14)22(16)28/h4-13,20,28H,3H2,1-2H3,(H,25,27)/b7-4-. The molecule has 0 radical (unpaired) electrons. The summed E-state index contributed by atoms with van der Waals surface area (Å²) in [6.07, 6.45) is 6.34. The topological polar surface area (TPSA) is 57.5 Å². The molecule has 0 aliphatic heterocycles. The number of hydrogen-bond donors (Lipinski definition) is 2. The molecule has 144 valence electrons. The second kappa shape index (κ2) is 8.85. The zero-order valence-electron chi connectivity index (χ0n) is 15.7. The highest BCUT2D eigenvalue weighted by Crippen LogP contribution is 2.35. The fourth-order valence-corrected chi connectivity index (χ4v) is 3.16. The number of rotatable bonds is 5. The van der Waals surface area contributed by atoms with Crippen LogP contribution in [0.5, 0.6) is 5.75 Å². The number of aromatic nitrogens is 1. The van der Waals surface area contributed by atoms with Gasteiger partial charge in [0.15, 0.2) is 0 Å². The van der Waals surface area contributed by atoms with Gasteiger partial charge in [-0.2, -0.15) is 0 Å². The lowest BCUT2D eigenvalue weighted by Gasteiger charge is -2.22. The summed E-state index contributed by atoms with van der Waals surface area (Å²) in [6, 6.07) is 11.4. The first-order valence-electron chi connectivity index (χ1n) is 8.96. The molecule has 1 unspecified atom stereocenters. The van der Waals surface area contributed by atoms with Crippen molar-refractivity contribution >= 4 is 28.3 Å². The first-order chi connectivity index (χ1) is 13.5. The number of phenols is 1. The van der Waals surface area contributed by atoms with Crippen molar-refractivity contribution in [2.24, 2.45) is 4.99 Å². The molecule has 0 spiro atoms. The third-order valence-corrected chi connectivity index (χ3v) is 4.70. The number of nitrogens with zero attached hydrogens (tertiary/aromatic N) is 2. The molecule has 2 N–H and O–H groups in total. The zero-order valence-corrected chi connectivity index (χ0v) is 16.4. The number of allylic oxidation sites excluding steroid dienone is 1. The minimum absolute atomic E-state index is 0.0155. The summed E-state index contributed by atoms with van der Waals surface area (Å²) < 4.78 is 13.7. The number of halogens is 2. The summed E-state index contributed by atoms with van der Waals surface area (Å²) >= 11 is 6.01. The van der Waals surface area contributed by atoms with Crippen LogP contribution in [0.15, 0.2) is 65.8 Å². The smallest absolute Gasteiger partial charge is 0.147 e. The Morgan fingerprint density at radius 2 is 2.14 bits per heavy atom. The number of hydrogen-bond acceptors (Lipinski definition) is 3. The lowest BCUT2D eigenvalue weighted by Crippen LogP contribution is -2.28. The van der Waals surface area contributed by atoms with Gasteiger partial charge in [-0.3, -0.25) is 9.98 Å². The van der Waals surface area contributed by atoms with Gasteiger partial charge in [0.05, 0.1) is 11.1 Å². The van der Waals surface area contributed by atoms with Crippen molar-refractivity contribution in [2.75, 3.05) is 7.05 Å². The Bertz CT molecular complexity index is 1050. The maximum atomic E-state index is 13.7. The predicted molar refractivity (Wildman–Crippen MR) is 113 cm³/mol. The Morgan fingerprint density at radius 1 is 1.32 bits per heavy atom. The molecule has 4 nitrogen and oxygen atoms in total. The molecule has 0 fully saturated rings. The lowest BCUT2D eigenvalue weighted by atomic mass is 9.96. The van der Waals surface area contributed by atoms with Crippen LogP contribution in [0.1, 0.15) is 30.5 Å². The van der Waals surface area contributed by atoms with Gasteiger partial charge < -0.3 is 10.4 Å². The highest BCUT2D eigenvalue weighted by atomic mass is 35.5. The number of aromatic hydroxyl groups is 1. The maximum absolute atomic E-state index is 13.7. The van der Waals surface area contributed by atoms with Crippen LogP contribution in [-0.2, 0) is 0 Å². The molecule has 28 heavy (non-hydrogen) atoms. The third-order valence-electron chi connectivity index (χ3n) is 4.41. The minimum Gasteiger partial charge on any atom is -0.505 e. The van der Waals surface area contributed by atoms with Crippen LogP contribution in [0.25, 0.3) is 10.9 Å². The first-order valence-corrected chi connectivity index (χ1v) is 9.34. The van der Waals surface area contributed by atoms with Crippen molar-refractivity contribution in [3.63, 3.8) is 0 Å². The molecule has 0 saturated carbocycles. The van der Waals surface area contributed by atoms with Gasteiger partial charge in [0.2, 0.25) is 0 Å². The van der Waals surface area contributed by atoms with Crippen LogP contribution < -0.4 is 5.32 Å². The zero-order chi connectivity index (χ0) is 20.1. The Hall–Kier alpha value is -2.92. The fraction of sp³-hybridized carbons (Fsp3) is 0.182. The molecule has 1 atom stereocenters. The van der Waals surface area contributed by atoms with E-state index in [0.717, 1.165) is 11.8 Å². The van der Waals surface area contributed by atoms with Crippen molar-refractivity contribution in [3.8, 4) is 5.75 Å². The van der Waals surface area contributed by atoms with Crippen molar-refractivity contribution < 1.29 is 9.50 Å². The van der Waals surface area contributed by atoms with E-state index in [1.54, 1.807) is 25.4 Å². The molecule has 3 rings (SSSR count). The van der Waals surface area contributed by atoms with Crippen molar-refractivity contribution in [1.29, 1.82) is 0 Å². The Balaban J connectivity index is 2.14. The van der Waals surface area contributed by atoms with E-state index in [0.29, 0.717) is 22.5 Å². The largest absolute Gasteiger partial charge is 0.505 e. The van der Waals surface area contributed by atoms with Gasteiger partial charge >= 0.3 is 0 Å². The predicted octanol–water partition coefficient (Wildman–Crippen LogP) is 5.41. The molecule has 0 bridgehead atoms. The van der Waals surface area contributed by atoms with Crippen molar-refractivity contribution in [1.82, 2.24) is 10.3 Å². The summed E-state index contributed by atoms with van der Waals surface area (Å²) in [4.78, 5) is 8.55. The molecule has 3 aromatic rings. The molecule has 0 aliphatic carbocycles. The quantitative estimate of drug-likeness (QED) is 0.447. The molecular formula is C22H21ClFN3O. The Morgan fingerprint density at radius 3 is 2.86 bits per heavy atom. The summed E-state index contributed by atoms with van der Waals surface area (Å²) in [5.41, 5.74) is 1.79. The maximum Gasteiger partial charge on any atom is 0.147 e. The number of pyridine rings is 1. The van der Waals surface area contributed by atoms with E-state index in [1.165, 1.54) is 6.07 Å². The second-order valence-corrected chi connectivity index (χ2v) is 6.66. The van der Waals surface area contributed by atoms with Crippen molar-refractivity contribution in [2.45, 2.75) is 19.4 Å². The van der Waals surface area contributed by atoms with Crippen molar-refractivity contribution in [3.05, 3.63) is 82.8 Å². The molecule has 6 heteroatoms. The number of nitrogens with one attached hydrogen (secondary N) is 1. The van der Waals surface area contributed by atoms with E-state index in [9.17, 15) is 9.50 Å². The number of benzene rings is 2. The van der Waals surface area contributed by atoms with Crippen LogP contribution >= 0.6 is 11.6 Å². The SMILES string of the molecule is CC/C=C\C(=NC)NC(c1ccc(F)c(Cl)c1)c1ccc2cccnc2c1O. The molecule has 1 aromatic heterocycles. The molecular weight excluding hydrogens is 377 g/mol. The van der Waals surface area contributed by atoms with Gasteiger partial charge in [-0.1, -0.05) is 48.9 Å². The first kappa shape index (κ1) is 19.8. The van der Waals surface area contributed by atoms with E-state index >= 15 is 0 Å². The van der Waals surface area contributed by atoms with Crippen LogP contribution in [-0.4, -0.2) is 23.0 Å². The van der Waals surface area contributed by atoms with Gasteiger partial charge in [0.25, 0.3) is 0 Å². The van der Waals surface area contributed by atoms with Gasteiger partial charge in [-0.05, 0) is 36.3 Å². The minimum atomic E-state index is -0.496. The second-order valence-electron chi connectivity index (χ2n) is 6.25. The normalized spacial score (nSPS) is 13.2. The fourth-order valence-electron chi connectivity index (χ4n) is 2.98. The number of fused-ring (bicyclic) bond motifs is 1. The molecule has 1 heterocycles. The van der Waals surface area contributed by atoms with Crippen LogP contribution in [0, 0.1) is 5.82 Å². The Labute approximate surface area is 168 Å². The number of amidine groups is 1. The van der Waals surface area contributed by atoms with Gasteiger partial charge in [0, 0.05) is 24.2 Å².